The SMILES string of the molecule is CC.Cc1c(F)cc(OC2CC2)cc1F. The molecule has 0 radical (unpaired) electrons. The lowest BCUT2D eigenvalue weighted by Crippen LogP contribution is -1.98. The van der Waals surface area contributed by atoms with Crippen LogP contribution in [0.4, 0.5) is 8.78 Å². The highest BCUT2D eigenvalue weighted by Crippen LogP contribution is 2.28. The maximum absolute atomic E-state index is 13.0. The molecule has 0 amide bonds. The molecule has 1 aromatic rings. The van der Waals surface area contributed by atoms with Crippen LogP contribution in [0.5, 0.6) is 5.75 Å². The Morgan fingerprint density at radius 1 is 1.13 bits per heavy atom. The summed E-state index contributed by atoms with van der Waals surface area (Å²) in [7, 11) is 0. The average Bonchev–Trinajstić information content (AvgIpc) is 3.01. The van der Waals surface area contributed by atoms with Gasteiger partial charge < -0.3 is 4.74 Å². The second-order valence-corrected chi connectivity index (χ2v) is 3.33. The lowest BCUT2D eigenvalue weighted by atomic mass is 10.2. The zero-order chi connectivity index (χ0) is 11.4. The zero-order valence-corrected chi connectivity index (χ0v) is 9.31. The fourth-order valence-electron chi connectivity index (χ4n) is 1.07. The van der Waals surface area contributed by atoms with Gasteiger partial charge in [0.1, 0.15) is 17.4 Å². The van der Waals surface area contributed by atoms with E-state index in [0.29, 0.717) is 5.75 Å². The Balaban J connectivity index is 0.000000531. The van der Waals surface area contributed by atoms with Crippen molar-refractivity contribution in [2.45, 2.75) is 39.7 Å². The first-order chi connectivity index (χ1) is 7.16. The Morgan fingerprint density at radius 2 is 1.60 bits per heavy atom. The lowest BCUT2D eigenvalue weighted by molar-refractivity contribution is 0.299. The van der Waals surface area contributed by atoms with Crippen molar-refractivity contribution in [2.24, 2.45) is 0 Å². The fraction of sp³-hybridized carbons (Fsp3) is 0.500. The highest BCUT2D eigenvalue weighted by atomic mass is 19.1. The first kappa shape index (κ1) is 12.0. The minimum absolute atomic E-state index is 0.0446. The molecule has 0 saturated heterocycles. The Labute approximate surface area is 89.1 Å². The van der Waals surface area contributed by atoms with E-state index in [0.717, 1.165) is 12.8 Å². The summed E-state index contributed by atoms with van der Waals surface area (Å²) in [4.78, 5) is 0. The number of hydrogen-bond acceptors (Lipinski definition) is 1. The van der Waals surface area contributed by atoms with E-state index in [1.165, 1.54) is 19.1 Å². The van der Waals surface area contributed by atoms with E-state index < -0.39 is 11.6 Å². The standard InChI is InChI=1S/C10H10F2O.C2H6/c1-6-9(11)4-8(5-10(6)12)13-7-2-3-7;1-2/h4-5,7H,2-3H2,1H3;1-2H3. The van der Waals surface area contributed by atoms with Crippen molar-refractivity contribution in [3.05, 3.63) is 29.3 Å². The quantitative estimate of drug-likeness (QED) is 0.726. The molecule has 1 saturated carbocycles. The van der Waals surface area contributed by atoms with Crippen LogP contribution in [0.15, 0.2) is 12.1 Å². The van der Waals surface area contributed by atoms with Gasteiger partial charge in [-0.15, -0.1) is 0 Å². The molecule has 0 unspecified atom stereocenters. The van der Waals surface area contributed by atoms with Crippen LogP contribution in [-0.2, 0) is 0 Å². The van der Waals surface area contributed by atoms with Crippen molar-refractivity contribution >= 4 is 0 Å². The van der Waals surface area contributed by atoms with Crippen LogP contribution in [0.1, 0.15) is 32.3 Å². The number of rotatable bonds is 2. The molecule has 0 N–H and O–H groups in total. The molecule has 0 heterocycles. The molecule has 0 aliphatic heterocycles. The van der Waals surface area contributed by atoms with Crippen molar-refractivity contribution in [2.75, 3.05) is 0 Å². The topological polar surface area (TPSA) is 9.23 Å². The van der Waals surface area contributed by atoms with E-state index in [1.807, 2.05) is 13.8 Å². The molecule has 0 aromatic heterocycles. The van der Waals surface area contributed by atoms with Crippen molar-refractivity contribution in [1.82, 2.24) is 0 Å². The summed E-state index contributed by atoms with van der Waals surface area (Å²) in [5.41, 5.74) is 0.0446. The van der Waals surface area contributed by atoms with Gasteiger partial charge in [-0.25, -0.2) is 8.78 Å². The molecule has 15 heavy (non-hydrogen) atoms. The van der Waals surface area contributed by atoms with Gasteiger partial charge >= 0.3 is 0 Å². The molecule has 1 nitrogen and oxygen atoms in total. The van der Waals surface area contributed by atoms with E-state index in [1.54, 1.807) is 0 Å². The van der Waals surface area contributed by atoms with E-state index >= 15 is 0 Å². The van der Waals surface area contributed by atoms with Crippen LogP contribution < -0.4 is 4.74 Å². The van der Waals surface area contributed by atoms with Crippen molar-refractivity contribution in [3.63, 3.8) is 0 Å². The molecule has 1 aromatic carbocycles. The van der Waals surface area contributed by atoms with Gasteiger partial charge in [0.2, 0.25) is 0 Å². The molecule has 1 fully saturated rings. The van der Waals surface area contributed by atoms with Gasteiger partial charge in [0.25, 0.3) is 0 Å². The van der Waals surface area contributed by atoms with E-state index in [-0.39, 0.29) is 11.7 Å². The third-order valence-corrected chi connectivity index (χ3v) is 2.08. The number of halogens is 2. The maximum atomic E-state index is 13.0. The summed E-state index contributed by atoms with van der Waals surface area (Å²) >= 11 is 0. The van der Waals surface area contributed by atoms with E-state index in [9.17, 15) is 8.78 Å². The Hall–Kier alpha value is -1.12. The maximum Gasteiger partial charge on any atom is 0.132 e. The van der Waals surface area contributed by atoms with Gasteiger partial charge in [0.05, 0.1) is 6.10 Å². The van der Waals surface area contributed by atoms with Crippen LogP contribution in [0.25, 0.3) is 0 Å². The van der Waals surface area contributed by atoms with Crippen molar-refractivity contribution in [3.8, 4) is 5.75 Å². The van der Waals surface area contributed by atoms with Gasteiger partial charge in [-0.1, -0.05) is 13.8 Å². The predicted octanol–water partition coefficient (Wildman–Crippen LogP) is 3.84. The monoisotopic (exact) mass is 214 g/mol. The van der Waals surface area contributed by atoms with E-state index in [4.69, 9.17) is 4.74 Å². The molecular formula is C12H16F2O. The molecule has 84 valence electrons. The summed E-state index contributed by atoms with van der Waals surface area (Å²) in [6, 6.07) is 2.47. The Kier molecular flexibility index (Phi) is 4.06. The average molecular weight is 214 g/mol. The largest absolute Gasteiger partial charge is 0.490 e. The summed E-state index contributed by atoms with van der Waals surface area (Å²) in [6.07, 6.45) is 2.13. The van der Waals surface area contributed by atoms with Crippen LogP contribution in [0.2, 0.25) is 0 Å². The summed E-state index contributed by atoms with van der Waals surface area (Å²) in [5, 5.41) is 0. The lowest BCUT2D eigenvalue weighted by Gasteiger charge is -2.06. The predicted molar refractivity (Wildman–Crippen MR) is 56.1 cm³/mol. The van der Waals surface area contributed by atoms with Crippen LogP contribution >= 0.6 is 0 Å². The van der Waals surface area contributed by atoms with Crippen molar-refractivity contribution < 1.29 is 13.5 Å². The third-order valence-electron chi connectivity index (χ3n) is 2.08. The normalized spacial score (nSPS) is 14.2. The zero-order valence-electron chi connectivity index (χ0n) is 9.31. The van der Waals surface area contributed by atoms with Gasteiger partial charge in [-0.3, -0.25) is 0 Å². The van der Waals surface area contributed by atoms with Crippen LogP contribution in [-0.4, -0.2) is 6.10 Å². The fourth-order valence-corrected chi connectivity index (χ4v) is 1.07. The Bertz CT molecular complexity index is 309. The summed E-state index contributed by atoms with van der Waals surface area (Å²) < 4.78 is 31.2. The molecule has 1 aliphatic rings. The number of ether oxygens (including phenoxy) is 1. The van der Waals surface area contributed by atoms with Gasteiger partial charge in [0, 0.05) is 17.7 Å². The number of hydrogen-bond donors (Lipinski definition) is 0. The van der Waals surface area contributed by atoms with E-state index in [2.05, 4.69) is 0 Å². The van der Waals surface area contributed by atoms with Gasteiger partial charge in [0.15, 0.2) is 0 Å². The van der Waals surface area contributed by atoms with Crippen molar-refractivity contribution in [1.29, 1.82) is 0 Å². The highest BCUT2D eigenvalue weighted by molar-refractivity contribution is 5.30. The third kappa shape index (κ3) is 3.18. The second-order valence-electron chi connectivity index (χ2n) is 3.33. The van der Waals surface area contributed by atoms with Crippen LogP contribution in [0.3, 0.4) is 0 Å². The molecule has 3 heteroatoms. The first-order valence-corrected chi connectivity index (χ1v) is 5.29. The molecule has 0 bridgehead atoms. The summed E-state index contributed by atoms with van der Waals surface area (Å²) in [5.74, 6) is -0.797. The molecule has 0 spiro atoms. The first-order valence-electron chi connectivity index (χ1n) is 5.29. The highest BCUT2D eigenvalue weighted by Gasteiger charge is 2.24. The molecular weight excluding hydrogens is 198 g/mol. The second kappa shape index (κ2) is 5.10. The molecule has 2 rings (SSSR count). The molecule has 0 atom stereocenters. The minimum Gasteiger partial charge on any atom is -0.490 e. The van der Waals surface area contributed by atoms with Gasteiger partial charge in [-0.2, -0.15) is 0 Å². The smallest absolute Gasteiger partial charge is 0.132 e. The number of benzene rings is 1. The summed E-state index contributed by atoms with van der Waals surface area (Å²) in [6.45, 7) is 5.41. The minimum atomic E-state index is -0.546. The molecule has 1 aliphatic carbocycles. The van der Waals surface area contributed by atoms with Crippen LogP contribution in [0, 0.1) is 18.6 Å². The van der Waals surface area contributed by atoms with Gasteiger partial charge in [-0.05, 0) is 19.8 Å². The Morgan fingerprint density at radius 3 is 2.00 bits per heavy atom.